The first kappa shape index (κ1) is 19.3. The Hall–Kier alpha value is -4.07. The van der Waals surface area contributed by atoms with Crippen molar-refractivity contribution in [3.63, 3.8) is 0 Å². The molecule has 0 aliphatic rings. The third-order valence-corrected chi connectivity index (χ3v) is 4.47. The van der Waals surface area contributed by atoms with E-state index in [9.17, 15) is 9.59 Å². The van der Waals surface area contributed by atoms with Crippen LogP contribution in [-0.2, 0) is 9.53 Å². The average molecular weight is 401 g/mol. The molecule has 1 aromatic carbocycles. The summed E-state index contributed by atoms with van der Waals surface area (Å²) in [6.07, 6.45) is 4.01. The molecule has 0 fully saturated rings. The summed E-state index contributed by atoms with van der Waals surface area (Å²) in [5.41, 5.74) is 3.51. The maximum Gasteiger partial charge on any atom is 0.338 e. The van der Waals surface area contributed by atoms with E-state index in [1.54, 1.807) is 42.9 Å². The van der Waals surface area contributed by atoms with Crippen LogP contribution in [0.5, 0.6) is 0 Å². The fourth-order valence-electron chi connectivity index (χ4n) is 2.89. The number of aromatic nitrogens is 4. The van der Waals surface area contributed by atoms with E-state index >= 15 is 0 Å². The minimum Gasteiger partial charge on any atom is -0.449 e. The van der Waals surface area contributed by atoms with Crippen LogP contribution in [0.25, 0.3) is 22.4 Å². The zero-order valence-corrected chi connectivity index (χ0v) is 16.4. The maximum absolute atomic E-state index is 12.5. The van der Waals surface area contributed by atoms with Crippen LogP contribution in [0.1, 0.15) is 22.8 Å². The predicted molar refractivity (Wildman–Crippen MR) is 112 cm³/mol. The Morgan fingerprint density at radius 3 is 2.77 bits per heavy atom. The highest BCUT2D eigenvalue weighted by Gasteiger charge is 2.20. The van der Waals surface area contributed by atoms with E-state index in [0.29, 0.717) is 28.2 Å². The lowest BCUT2D eigenvalue weighted by atomic mass is 10.2. The van der Waals surface area contributed by atoms with Gasteiger partial charge in [0.05, 0.1) is 16.6 Å². The van der Waals surface area contributed by atoms with Crippen LogP contribution in [0.2, 0.25) is 0 Å². The van der Waals surface area contributed by atoms with Crippen molar-refractivity contribution in [3.05, 3.63) is 72.2 Å². The van der Waals surface area contributed by atoms with Crippen LogP contribution in [0.4, 0.5) is 5.82 Å². The molecule has 0 radical (unpaired) electrons. The first-order valence-corrected chi connectivity index (χ1v) is 9.34. The fourth-order valence-corrected chi connectivity index (χ4v) is 2.89. The van der Waals surface area contributed by atoms with E-state index in [0.717, 1.165) is 11.1 Å². The number of pyridine rings is 2. The smallest absolute Gasteiger partial charge is 0.338 e. The van der Waals surface area contributed by atoms with Crippen molar-refractivity contribution in [2.45, 2.75) is 20.0 Å². The number of H-pyrrole nitrogens is 1. The Balaban J connectivity index is 1.46. The second kappa shape index (κ2) is 8.12. The Morgan fingerprint density at radius 2 is 2.00 bits per heavy atom. The van der Waals surface area contributed by atoms with Crippen molar-refractivity contribution in [1.82, 2.24) is 19.9 Å². The number of carbonyl (C=O) groups is 2. The number of ether oxygens (including phenoxy) is 1. The van der Waals surface area contributed by atoms with Gasteiger partial charge in [0.25, 0.3) is 5.91 Å². The predicted octanol–water partition coefficient (Wildman–Crippen LogP) is 3.51. The van der Waals surface area contributed by atoms with Crippen molar-refractivity contribution in [1.29, 1.82) is 0 Å². The number of esters is 1. The molecule has 0 aliphatic heterocycles. The number of fused-ring (bicyclic) bond motifs is 1. The van der Waals surface area contributed by atoms with Gasteiger partial charge in [-0.3, -0.25) is 9.78 Å². The highest BCUT2D eigenvalue weighted by molar-refractivity contribution is 5.98. The molecule has 2 N–H and O–H groups in total. The molecule has 30 heavy (non-hydrogen) atoms. The molecule has 0 bridgehead atoms. The molecular formula is C22H19N5O3. The highest BCUT2D eigenvalue weighted by Crippen LogP contribution is 2.21. The molecule has 0 saturated heterocycles. The first-order valence-electron chi connectivity index (χ1n) is 9.34. The van der Waals surface area contributed by atoms with Gasteiger partial charge in [-0.2, -0.15) is 0 Å². The Kier molecular flexibility index (Phi) is 5.21. The number of imidazole rings is 1. The summed E-state index contributed by atoms with van der Waals surface area (Å²) < 4.78 is 5.32. The minimum atomic E-state index is -0.983. The van der Waals surface area contributed by atoms with Crippen LogP contribution >= 0.6 is 0 Å². The number of benzene rings is 1. The third-order valence-electron chi connectivity index (χ3n) is 4.47. The topological polar surface area (TPSA) is 110 Å². The lowest BCUT2D eigenvalue weighted by molar-refractivity contribution is -0.123. The van der Waals surface area contributed by atoms with E-state index in [-0.39, 0.29) is 0 Å². The number of amides is 1. The molecule has 0 aliphatic carbocycles. The maximum atomic E-state index is 12.5. The SMILES string of the molecule is Cc1ccnc(NC(=O)C(C)OC(=O)c2ccc3nc(-c4cccnc4)[nH]c3c2)c1. The number of hydrogen-bond donors (Lipinski definition) is 2. The van der Waals surface area contributed by atoms with E-state index in [4.69, 9.17) is 4.74 Å². The molecule has 150 valence electrons. The van der Waals surface area contributed by atoms with E-state index in [2.05, 4.69) is 25.3 Å². The number of nitrogens with zero attached hydrogens (tertiary/aromatic N) is 3. The van der Waals surface area contributed by atoms with Crippen molar-refractivity contribution in [2.75, 3.05) is 5.32 Å². The number of aryl methyl sites for hydroxylation is 1. The van der Waals surface area contributed by atoms with E-state index in [1.807, 2.05) is 25.1 Å². The molecule has 8 nitrogen and oxygen atoms in total. The van der Waals surface area contributed by atoms with E-state index < -0.39 is 18.0 Å². The van der Waals surface area contributed by atoms with Gasteiger partial charge in [-0.25, -0.2) is 14.8 Å². The monoisotopic (exact) mass is 401 g/mol. The van der Waals surface area contributed by atoms with E-state index in [1.165, 1.54) is 6.92 Å². The first-order chi connectivity index (χ1) is 14.5. The number of rotatable bonds is 5. The Labute approximate surface area is 172 Å². The summed E-state index contributed by atoms with van der Waals surface area (Å²) >= 11 is 0. The van der Waals surface area contributed by atoms with Crippen LogP contribution < -0.4 is 5.32 Å². The fraction of sp³-hybridized carbons (Fsp3) is 0.136. The van der Waals surface area contributed by atoms with Crippen molar-refractivity contribution in [3.8, 4) is 11.4 Å². The molecule has 0 spiro atoms. The minimum absolute atomic E-state index is 0.317. The summed E-state index contributed by atoms with van der Waals surface area (Å²) in [5, 5.41) is 2.64. The number of carbonyl (C=O) groups excluding carboxylic acids is 2. The molecule has 4 rings (SSSR count). The average Bonchev–Trinajstić information content (AvgIpc) is 3.17. The largest absolute Gasteiger partial charge is 0.449 e. The number of anilines is 1. The molecule has 8 heteroatoms. The molecule has 4 aromatic rings. The summed E-state index contributed by atoms with van der Waals surface area (Å²) in [7, 11) is 0. The quantitative estimate of drug-likeness (QED) is 0.495. The molecule has 3 heterocycles. The number of hydrogen-bond acceptors (Lipinski definition) is 6. The standard InChI is InChI=1S/C22H19N5O3/c1-13-7-9-24-19(10-13)27-21(28)14(2)30-22(29)15-5-6-17-18(11-15)26-20(25-17)16-4-3-8-23-12-16/h3-12,14H,1-2H3,(H,25,26)(H,24,27,28). The van der Waals surface area contributed by atoms with Crippen LogP contribution in [0, 0.1) is 6.92 Å². The van der Waals surface area contributed by atoms with Crippen LogP contribution in [0.3, 0.4) is 0 Å². The second-order valence-corrected chi connectivity index (χ2v) is 6.81. The van der Waals surface area contributed by atoms with Gasteiger partial charge in [0, 0.05) is 24.2 Å². The Morgan fingerprint density at radius 1 is 1.13 bits per heavy atom. The summed E-state index contributed by atoms with van der Waals surface area (Å²) in [4.78, 5) is 40.7. The van der Waals surface area contributed by atoms with Gasteiger partial charge in [0.1, 0.15) is 11.6 Å². The molecule has 1 amide bonds. The van der Waals surface area contributed by atoms with Crippen molar-refractivity contribution in [2.24, 2.45) is 0 Å². The summed E-state index contributed by atoms with van der Waals surface area (Å²) in [6, 6.07) is 12.3. The molecular weight excluding hydrogens is 382 g/mol. The third kappa shape index (κ3) is 4.17. The van der Waals surface area contributed by atoms with Crippen LogP contribution in [-0.4, -0.2) is 37.9 Å². The zero-order valence-electron chi connectivity index (χ0n) is 16.4. The lowest BCUT2D eigenvalue weighted by Crippen LogP contribution is -2.30. The Bertz CT molecular complexity index is 1220. The van der Waals surface area contributed by atoms with Gasteiger partial charge in [-0.1, -0.05) is 0 Å². The molecule has 1 unspecified atom stereocenters. The molecule has 0 saturated carbocycles. The zero-order chi connectivity index (χ0) is 21.1. The summed E-state index contributed by atoms with van der Waals surface area (Å²) in [6.45, 7) is 3.41. The van der Waals surface area contributed by atoms with Gasteiger partial charge in [-0.15, -0.1) is 0 Å². The van der Waals surface area contributed by atoms with Gasteiger partial charge in [-0.05, 0) is 61.9 Å². The number of nitrogens with one attached hydrogen (secondary N) is 2. The van der Waals surface area contributed by atoms with Gasteiger partial charge >= 0.3 is 5.97 Å². The highest BCUT2D eigenvalue weighted by atomic mass is 16.5. The van der Waals surface area contributed by atoms with Crippen LogP contribution in [0.15, 0.2) is 61.1 Å². The second-order valence-electron chi connectivity index (χ2n) is 6.81. The molecule has 3 aromatic heterocycles. The lowest BCUT2D eigenvalue weighted by Gasteiger charge is -2.13. The van der Waals surface area contributed by atoms with Gasteiger partial charge < -0.3 is 15.0 Å². The van der Waals surface area contributed by atoms with Crippen molar-refractivity contribution < 1.29 is 14.3 Å². The summed E-state index contributed by atoms with van der Waals surface area (Å²) in [5.74, 6) is 0.00365. The normalized spacial score (nSPS) is 11.8. The molecule has 1 atom stereocenters. The number of aromatic amines is 1. The van der Waals surface area contributed by atoms with Crippen molar-refractivity contribution >= 4 is 28.7 Å². The van der Waals surface area contributed by atoms with Gasteiger partial charge in [0.15, 0.2) is 6.10 Å². The van der Waals surface area contributed by atoms with Gasteiger partial charge in [0.2, 0.25) is 0 Å².